The summed E-state index contributed by atoms with van der Waals surface area (Å²) in [6.45, 7) is 12.6. The number of hydrogen-bond acceptors (Lipinski definition) is 8. The van der Waals surface area contributed by atoms with Gasteiger partial charge in [0.1, 0.15) is 11.5 Å². The zero-order valence-electron chi connectivity index (χ0n) is 28.6. The second-order valence-electron chi connectivity index (χ2n) is 11.4. The number of ether oxygens (including phenoxy) is 2. The van der Waals surface area contributed by atoms with Gasteiger partial charge in [-0.1, -0.05) is 114 Å². The normalized spacial score (nSPS) is 22.0. The van der Waals surface area contributed by atoms with E-state index in [4.69, 9.17) is 4.74 Å². The molecule has 4 aliphatic heterocycles. The SMILES string of the molecule is CCCCC(I)(I)I.CCCC[CH-]I.CCCN1CCCC1C(=O)OC.COC(=O)C1CCCN1.O=C1NCCN2CCCC12.[V]. The summed E-state index contributed by atoms with van der Waals surface area (Å²) in [5.41, 5.74) is 0. The number of alkyl halides is 3. The molecule has 271 valence electrons. The Morgan fingerprint density at radius 1 is 0.891 bits per heavy atom. The van der Waals surface area contributed by atoms with Gasteiger partial charge in [0.15, 0.2) is 0 Å². The van der Waals surface area contributed by atoms with Crippen molar-refractivity contribution in [1.29, 1.82) is 0 Å². The Morgan fingerprint density at radius 3 is 2.00 bits per heavy atom. The number of hydrogen-bond donors (Lipinski definition) is 2. The van der Waals surface area contributed by atoms with Gasteiger partial charge in [0.05, 0.1) is 20.3 Å². The van der Waals surface area contributed by atoms with Crippen LogP contribution in [0.15, 0.2) is 0 Å². The van der Waals surface area contributed by atoms with Gasteiger partial charge in [-0.2, -0.15) is 6.42 Å². The maximum atomic E-state index is 11.2. The van der Waals surface area contributed by atoms with Gasteiger partial charge < -0.3 is 42.7 Å². The van der Waals surface area contributed by atoms with Crippen molar-refractivity contribution >= 4 is 108 Å². The van der Waals surface area contributed by atoms with E-state index in [2.05, 4.69) is 141 Å². The fourth-order valence-corrected chi connectivity index (χ4v) is 6.89. The van der Waals surface area contributed by atoms with Gasteiger partial charge in [0.2, 0.25) is 5.91 Å². The van der Waals surface area contributed by atoms with Crippen molar-refractivity contribution in [2.24, 2.45) is 0 Å². The molecular formula is C32H59I4N4O5V-. The smallest absolute Gasteiger partial charge is 0.323 e. The number of likely N-dealkylation sites (tertiary alicyclic amines) is 1. The molecule has 0 bridgehead atoms. The van der Waals surface area contributed by atoms with E-state index in [0.717, 1.165) is 77.8 Å². The van der Waals surface area contributed by atoms with Gasteiger partial charge in [-0.3, -0.25) is 28.6 Å². The zero-order valence-corrected chi connectivity index (χ0v) is 38.7. The number of unbranched alkanes of at least 4 members (excludes halogenated alkanes) is 3. The summed E-state index contributed by atoms with van der Waals surface area (Å²) in [7, 11) is 2.88. The van der Waals surface area contributed by atoms with Crippen molar-refractivity contribution in [1.82, 2.24) is 20.4 Å². The van der Waals surface area contributed by atoms with E-state index in [9.17, 15) is 14.4 Å². The molecular weight excluding hydrogens is 1080 g/mol. The average molecular weight is 1140 g/mol. The molecule has 0 aromatic heterocycles. The second kappa shape index (κ2) is 31.5. The number of amides is 1. The van der Waals surface area contributed by atoms with Crippen molar-refractivity contribution in [3.63, 3.8) is 0 Å². The third kappa shape index (κ3) is 24.1. The van der Waals surface area contributed by atoms with Gasteiger partial charge in [-0.25, -0.2) is 0 Å². The Morgan fingerprint density at radius 2 is 1.54 bits per heavy atom. The molecule has 4 fully saturated rings. The minimum absolute atomic E-state index is 0. The summed E-state index contributed by atoms with van der Waals surface area (Å²) < 4.78 is 11.9. The molecule has 4 aliphatic rings. The molecule has 4 heterocycles. The molecule has 2 N–H and O–H groups in total. The fourth-order valence-electron chi connectivity index (χ4n) is 5.30. The van der Waals surface area contributed by atoms with E-state index in [1.54, 1.807) is 0 Å². The zero-order chi connectivity index (χ0) is 34.1. The van der Waals surface area contributed by atoms with Crippen molar-refractivity contribution in [3.8, 4) is 0 Å². The van der Waals surface area contributed by atoms with E-state index in [0.29, 0.717) is -0.565 Å². The van der Waals surface area contributed by atoms with Crippen molar-refractivity contribution in [2.45, 2.75) is 122 Å². The van der Waals surface area contributed by atoms with E-state index in [1.807, 2.05) is 0 Å². The largest absolute Gasteiger partial charge is 0.468 e. The van der Waals surface area contributed by atoms with Crippen LogP contribution >= 0.6 is 90.4 Å². The van der Waals surface area contributed by atoms with Gasteiger partial charge in [-0.15, -0.1) is 0 Å². The van der Waals surface area contributed by atoms with Gasteiger partial charge in [-0.05, 0) is 77.5 Å². The third-order valence-corrected chi connectivity index (χ3v) is 9.98. The van der Waals surface area contributed by atoms with Gasteiger partial charge in [0.25, 0.3) is 0 Å². The van der Waals surface area contributed by atoms with Crippen LogP contribution in [0.1, 0.15) is 104 Å². The summed E-state index contributed by atoms with van der Waals surface area (Å²) in [6.07, 6.45) is 15.4. The quantitative estimate of drug-likeness (QED) is 0.0767. The summed E-state index contributed by atoms with van der Waals surface area (Å²) >= 11 is 9.71. The number of esters is 2. The molecule has 9 nitrogen and oxygen atoms in total. The van der Waals surface area contributed by atoms with Crippen LogP contribution in [-0.4, -0.2) is 98.7 Å². The summed E-state index contributed by atoms with van der Waals surface area (Å²) in [5.74, 6) is 0.0391. The topological polar surface area (TPSA) is 100 Å². The molecule has 0 saturated carbocycles. The van der Waals surface area contributed by atoms with Gasteiger partial charge >= 0.3 is 11.9 Å². The number of rotatable bonds is 10. The van der Waals surface area contributed by atoms with Crippen LogP contribution in [0.3, 0.4) is 0 Å². The van der Waals surface area contributed by atoms with Crippen molar-refractivity contribution in [3.05, 3.63) is 4.43 Å². The minimum atomic E-state index is -0.132. The standard InChI is InChI=1S/C9H17NO2.C7H12N2O.C6H11NO2.C5H9I3.C5H10I.V/c1-3-6-10-7-4-5-8(10)9(11)12-2;10-7-6-2-1-4-9(6)5-3-8-7;1-9-6(8)5-3-2-4-7-5;1-2-3-4-5(6,7)8;1-2-3-4-5-6;/h8H,3-7H2,1-2H3;6H,1-5H2,(H,8,10);5,7H,2-4H2,1H3;2-4H2,1H3;5H,2-4H2,1H3;/q;;;;-1;. The third-order valence-electron chi connectivity index (χ3n) is 7.74. The minimum Gasteiger partial charge on any atom is -0.468 e. The Balaban J connectivity index is 0. The Hall–Kier alpha value is 1.79. The first-order chi connectivity index (χ1) is 21.5. The Bertz CT molecular complexity index is 788. The van der Waals surface area contributed by atoms with Crippen LogP contribution in [0.4, 0.5) is 0 Å². The van der Waals surface area contributed by atoms with E-state index in [-0.39, 0.29) is 54.5 Å². The number of carbonyl (C=O) groups excluding carboxylic acids is 3. The number of methoxy groups -OCH3 is 2. The number of nitrogens with zero attached hydrogens (tertiary/aromatic N) is 2. The molecule has 1 radical (unpaired) electrons. The second-order valence-corrected chi connectivity index (χ2v) is 24.0. The van der Waals surface area contributed by atoms with Crippen LogP contribution in [-0.2, 0) is 42.4 Å². The van der Waals surface area contributed by atoms with Crippen LogP contribution < -0.4 is 10.6 Å². The molecule has 0 spiro atoms. The van der Waals surface area contributed by atoms with Crippen LogP contribution in [0, 0.1) is 4.43 Å². The molecule has 46 heavy (non-hydrogen) atoms. The van der Waals surface area contributed by atoms with Gasteiger partial charge in [0, 0.05) is 31.6 Å². The Kier molecular flexibility index (Phi) is 34.2. The van der Waals surface area contributed by atoms with E-state index < -0.39 is 0 Å². The molecule has 3 atom stereocenters. The fraction of sp³-hybridized carbons (Fsp3) is 0.875. The molecule has 0 aromatic rings. The molecule has 0 aliphatic carbocycles. The monoisotopic (exact) mass is 1140 g/mol. The van der Waals surface area contributed by atoms with Crippen LogP contribution in [0.5, 0.6) is 0 Å². The maximum absolute atomic E-state index is 11.2. The molecule has 4 saturated heterocycles. The number of halogens is 4. The number of fused-ring (bicyclic) bond motifs is 1. The first kappa shape index (κ1) is 49.9. The van der Waals surface area contributed by atoms with Crippen molar-refractivity contribution in [2.75, 3.05) is 53.5 Å². The summed E-state index contributed by atoms with van der Waals surface area (Å²) in [6, 6.07) is 0.221. The van der Waals surface area contributed by atoms with E-state index in [1.165, 1.54) is 59.2 Å². The van der Waals surface area contributed by atoms with E-state index >= 15 is 0 Å². The maximum Gasteiger partial charge on any atom is 0.323 e. The molecule has 1 amide bonds. The summed E-state index contributed by atoms with van der Waals surface area (Å²) in [4.78, 5) is 37.6. The average Bonchev–Trinajstić information content (AvgIpc) is 3.82. The first-order valence-electron chi connectivity index (χ1n) is 16.6. The van der Waals surface area contributed by atoms with Crippen molar-refractivity contribution < 1.29 is 42.4 Å². The molecule has 0 aromatic carbocycles. The predicted molar refractivity (Wildman–Crippen MR) is 220 cm³/mol. The van der Waals surface area contributed by atoms with Crippen LogP contribution in [0.25, 0.3) is 0 Å². The molecule has 4 rings (SSSR count). The number of piperazine rings is 1. The number of nitrogens with one attached hydrogen (secondary N) is 2. The predicted octanol–water partition coefficient (Wildman–Crippen LogP) is 7.43. The Labute approximate surface area is 346 Å². The molecule has 3 unspecified atom stereocenters. The molecule has 14 heteroatoms. The summed E-state index contributed by atoms with van der Waals surface area (Å²) in [5, 5.41) is 5.91. The van der Waals surface area contributed by atoms with Crippen LogP contribution in [0.2, 0.25) is 0 Å². The first-order valence-corrected chi connectivity index (χ1v) is 21.1. The number of carbonyl (C=O) groups is 3.